The summed E-state index contributed by atoms with van der Waals surface area (Å²) in [6.45, 7) is 2.24. The Morgan fingerprint density at radius 1 is 1.33 bits per heavy atom. The van der Waals surface area contributed by atoms with Crippen LogP contribution < -0.4 is 37.2 Å². The molecule has 0 radical (unpaired) electrons. The van der Waals surface area contributed by atoms with Crippen molar-refractivity contribution in [1.82, 2.24) is 0 Å². The third kappa shape index (κ3) is 5.81. The van der Waals surface area contributed by atoms with Gasteiger partial charge in [0.15, 0.2) is 0 Å². The van der Waals surface area contributed by atoms with Crippen LogP contribution >= 0.6 is 0 Å². The predicted octanol–water partition coefficient (Wildman–Crippen LogP) is -6.44. The Labute approximate surface area is 108 Å². The Balaban J connectivity index is -0.000000270. The summed E-state index contributed by atoms with van der Waals surface area (Å²) in [4.78, 5) is 0. The van der Waals surface area contributed by atoms with E-state index in [0.717, 1.165) is 0 Å². The standard InChI is InChI=1S/C8H11.3ClH.Zr/c1-2-5-8-6-3-4-7-8;;;;/h3,6H,2,4-5H2,1H3;3*1H;/q;;;;+3/p-3. The summed E-state index contributed by atoms with van der Waals surface area (Å²) in [6.07, 6.45) is 8.37. The van der Waals surface area contributed by atoms with Gasteiger partial charge >= 0.3 is 71.9 Å². The number of allylic oxidation sites excluding steroid dienone is 4. The maximum atomic E-state index is 2.29. The fourth-order valence-electron chi connectivity index (χ4n) is 1.05. The average molecular weight is 305 g/mol. The van der Waals surface area contributed by atoms with E-state index in [4.69, 9.17) is 0 Å². The Kier molecular flexibility index (Phi) is 16.3. The van der Waals surface area contributed by atoms with E-state index in [1.54, 1.807) is 33.6 Å². The van der Waals surface area contributed by atoms with Crippen LogP contribution in [0.3, 0.4) is 0 Å². The minimum Gasteiger partial charge on any atom is -1.00 e. The van der Waals surface area contributed by atoms with Crippen molar-refractivity contribution in [3.8, 4) is 0 Å². The van der Waals surface area contributed by atoms with Crippen LogP contribution in [-0.2, 0) is 24.7 Å². The molecule has 0 aliphatic heterocycles. The second kappa shape index (κ2) is 10.3. The van der Waals surface area contributed by atoms with Crippen LogP contribution in [0.25, 0.3) is 0 Å². The van der Waals surface area contributed by atoms with Gasteiger partial charge in [0.05, 0.1) is 0 Å². The first-order valence-corrected chi connectivity index (χ1v) is 4.67. The minimum atomic E-state index is 0. The van der Waals surface area contributed by atoms with E-state index < -0.39 is 0 Å². The van der Waals surface area contributed by atoms with Crippen molar-refractivity contribution in [2.45, 2.75) is 26.2 Å². The molecule has 0 saturated carbocycles. The molecule has 0 heterocycles. The van der Waals surface area contributed by atoms with Crippen LogP contribution in [0.2, 0.25) is 0 Å². The van der Waals surface area contributed by atoms with Crippen LogP contribution in [-0.4, -0.2) is 0 Å². The summed E-state index contributed by atoms with van der Waals surface area (Å²) in [5.41, 5.74) is 1.61. The third-order valence-electron chi connectivity index (χ3n) is 1.55. The molecule has 68 valence electrons. The van der Waals surface area contributed by atoms with E-state index >= 15 is 0 Å². The summed E-state index contributed by atoms with van der Waals surface area (Å²) in [5, 5.41) is 0. The fraction of sp³-hybridized carbons (Fsp3) is 0.500. The minimum absolute atomic E-state index is 0. The molecule has 0 aromatic rings. The van der Waals surface area contributed by atoms with Gasteiger partial charge in [0.1, 0.15) is 0 Å². The molecule has 12 heavy (non-hydrogen) atoms. The summed E-state index contributed by atoms with van der Waals surface area (Å²) < 4.78 is 1.66. The largest absolute Gasteiger partial charge is 1.00 e. The van der Waals surface area contributed by atoms with Crippen LogP contribution in [0.15, 0.2) is 21.0 Å². The quantitative estimate of drug-likeness (QED) is 0.476. The van der Waals surface area contributed by atoms with Gasteiger partial charge in [0.2, 0.25) is 0 Å². The van der Waals surface area contributed by atoms with Gasteiger partial charge in [0.25, 0.3) is 0 Å². The van der Waals surface area contributed by atoms with Crippen molar-refractivity contribution < 1.29 is 61.9 Å². The molecule has 0 N–H and O–H groups in total. The Bertz CT molecular complexity index is 164. The first kappa shape index (κ1) is 18.9. The molecule has 1 aliphatic rings. The molecule has 0 aromatic carbocycles. The van der Waals surface area contributed by atoms with Crippen LogP contribution in [0, 0.1) is 0 Å². The Morgan fingerprint density at radius 3 is 2.25 bits per heavy atom. The van der Waals surface area contributed by atoms with Gasteiger partial charge in [-0.3, -0.25) is 0 Å². The molecule has 1 aliphatic carbocycles. The van der Waals surface area contributed by atoms with Crippen molar-refractivity contribution >= 4 is 0 Å². The summed E-state index contributed by atoms with van der Waals surface area (Å²) in [6, 6.07) is 0. The molecule has 0 aromatic heterocycles. The molecule has 0 nitrogen and oxygen atoms in total. The fourth-order valence-corrected chi connectivity index (χ4v) is 1.86. The molecule has 0 atom stereocenters. The van der Waals surface area contributed by atoms with E-state index in [1.165, 1.54) is 19.3 Å². The molecule has 0 saturated heterocycles. The average Bonchev–Trinajstić information content (AvgIpc) is 2.18. The Hall–Kier alpha value is 1.23. The molecular weight excluding hydrogens is 294 g/mol. The van der Waals surface area contributed by atoms with Gasteiger partial charge in [0, 0.05) is 0 Å². The van der Waals surface area contributed by atoms with Gasteiger partial charge in [-0.2, -0.15) is 0 Å². The van der Waals surface area contributed by atoms with Gasteiger partial charge in [-0.1, -0.05) is 0 Å². The monoisotopic (exact) mass is 302 g/mol. The molecule has 0 unspecified atom stereocenters. The van der Waals surface area contributed by atoms with Gasteiger partial charge < -0.3 is 37.2 Å². The van der Waals surface area contributed by atoms with Crippen molar-refractivity contribution in [2.75, 3.05) is 0 Å². The number of halogens is 3. The zero-order valence-electron chi connectivity index (χ0n) is 6.91. The predicted molar refractivity (Wildman–Crippen MR) is 35.7 cm³/mol. The molecule has 0 spiro atoms. The van der Waals surface area contributed by atoms with Gasteiger partial charge in [-0.15, -0.1) is 0 Å². The van der Waals surface area contributed by atoms with Crippen molar-refractivity contribution in [3.63, 3.8) is 0 Å². The van der Waals surface area contributed by atoms with E-state index in [1.807, 2.05) is 0 Å². The maximum Gasteiger partial charge on any atom is -1.00 e. The number of rotatable bonds is 2. The van der Waals surface area contributed by atoms with E-state index in [-0.39, 0.29) is 37.2 Å². The molecule has 0 amide bonds. The van der Waals surface area contributed by atoms with Crippen molar-refractivity contribution in [2.24, 2.45) is 0 Å². The van der Waals surface area contributed by atoms with Gasteiger partial charge in [-0.25, -0.2) is 0 Å². The normalized spacial score (nSPS) is 13.2. The molecule has 0 fully saturated rings. The maximum absolute atomic E-state index is 2.29. The molecule has 4 heteroatoms. The molecular formula is C8H11Cl3Zr. The van der Waals surface area contributed by atoms with E-state index in [2.05, 4.69) is 19.1 Å². The molecule has 1 rings (SSSR count). The van der Waals surface area contributed by atoms with Crippen LogP contribution in [0.5, 0.6) is 0 Å². The van der Waals surface area contributed by atoms with Gasteiger partial charge in [-0.05, 0) is 0 Å². The SMILES string of the molecule is CCCC1=[C]([Zr+3])CC=C1.[Cl-].[Cl-].[Cl-]. The van der Waals surface area contributed by atoms with Crippen molar-refractivity contribution in [3.05, 3.63) is 21.0 Å². The zero-order valence-corrected chi connectivity index (χ0v) is 11.6. The first-order valence-electron chi connectivity index (χ1n) is 3.44. The number of hydrogen-bond donors (Lipinski definition) is 0. The number of hydrogen-bond acceptors (Lipinski definition) is 0. The second-order valence-corrected chi connectivity index (χ2v) is 3.84. The Morgan fingerprint density at radius 2 is 1.92 bits per heavy atom. The second-order valence-electron chi connectivity index (χ2n) is 2.36. The summed E-state index contributed by atoms with van der Waals surface area (Å²) in [5.74, 6) is 0. The van der Waals surface area contributed by atoms with E-state index in [0.29, 0.717) is 0 Å². The zero-order chi connectivity index (χ0) is 6.69. The third-order valence-corrected chi connectivity index (χ3v) is 2.84. The molecule has 0 bridgehead atoms. The van der Waals surface area contributed by atoms with Crippen LogP contribution in [0.1, 0.15) is 26.2 Å². The topological polar surface area (TPSA) is 0 Å². The first-order chi connectivity index (χ1) is 4.34. The van der Waals surface area contributed by atoms with E-state index in [9.17, 15) is 0 Å². The summed E-state index contributed by atoms with van der Waals surface area (Å²) >= 11 is 1.61. The summed E-state index contributed by atoms with van der Waals surface area (Å²) in [7, 11) is 0. The van der Waals surface area contributed by atoms with Crippen LogP contribution in [0.4, 0.5) is 0 Å². The van der Waals surface area contributed by atoms with Crippen molar-refractivity contribution in [1.29, 1.82) is 0 Å². The smallest absolute Gasteiger partial charge is 1.00 e.